The number of hydrogen-bond donors (Lipinski definition) is 0. The van der Waals surface area contributed by atoms with E-state index in [2.05, 4.69) is 0 Å². The average molecular weight is 224 g/mol. The fourth-order valence-corrected chi connectivity index (χ4v) is 1.69. The van der Waals surface area contributed by atoms with Crippen molar-refractivity contribution >= 4 is 12.1 Å². The fourth-order valence-electron chi connectivity index (χ4n) is 1.69. The molecule has 0 saturated carbocycles. The van der Waals surface area contributed by atoms with Gasteiger partial charge in [-0.2, -0.15) is 0 Å². The van der Waals surface area contributed by atoms with Gasteiger partial charge < -0.3 is 4.79 Å². The van der Waals surface area contributed by atoms with Gasteiger partial charge in [-0.1, -0.05) is 12.5 Å². The van der Waals surface area contributed by atoms with Crippen molar-refractivity contribution in [1.29, 1.82) is 0 Å². The summed E-state index contributed by atoms with van der Waals surface area (Å²) in [5.74, 6) is -0.0302. The Hall–Kier alpha value is -1.25. The number of halogens is 1. The molecule has 16 heavy (non-hydrogen) atoms. The second-order valence-corrected chi connectivity index (χ2v) is 3.99. The molecule has 0 spiro atoms. The van der Waals surface area contributed by atoms with Crippen LogP contribution in [0.1, 0.15) is 44.9 Å². The molecule has 0 aliphatic heterocycles. The van der Waals surface area contributed by atoms with E-state index in [-0.39, 0.29) is 11.6 Å². The maximum atomic E-state index is 12.7. The Morgan fingerprint density at radius 3 is 2.69 bits per heavy atom. The van der Waals surface area contributed by atoms with Crippen molar-refractivity contribution in [3.8, 4) is 0 Å². The molecule has 1 rings (SSSR count). The number of rotatable bonds is 7. The molecule has 0 aromatic heterocycles. The van der Waals surface area contributed by atoms with Gasteiger partial charge in [0.05, 0.1) is 0 Å². The number of Topliss-reactive ketones (excluding diaryl/α,β-unsaturated/α-hetero) is 1. The van der Waals surface area contributed by atoms with E-state index in [0.717, 1.165) is 31.1 Å². The molecule has 0 bridgehead atoms. The first-order valence-electron chi connectivity index (χ1n) is 5.76. The normalized spacial score (nSPS) is 15.3. The van der Waals surface area contributed by atoms with Crippen molar-refractivity contribution in [2.24, 2.45) is 0 Å². The second-order valence-electron chi connectivity index (χ2n) is 3.99. The van der Waals surface area contributed by atoms with Gasteiger partial charge in [-0.3, -0.25) is 4.79 Å². The van der Waals surface area contributed by atoms with Gasteiger partial charge in [0.15, 0.2) is 5.78 Å². The zero-order valence-electron chi connectivity index (χ0n) is 9.38. The molecule has 0 amide bonds. The molecule has 3 heteroatoms. The molecule has 0 atom stereocenters. The highest BCUT2D eigenvalue weighted by molar-refractivity contribution is 5.95. The highest BCUT2D eigenvalue weighted by Crippen LogP contribution is 2.21. The summed E-state index contributed by atoms with van der Waals surface area (Å²) < 4.78 is 12.7. The summed E-state index contributed by atoms with van der Waals surface area (Å²) in [7, 11) is 0. The summed E-state index contributed by atoms with van der Waals surface area (Å²) in [6.07, 6.45) is 8.40. The largest absolute Gasteiger partial charge is 0.303 e. The van der Waals surface area contributed by atoms with Gasteiger partial charge in [0.2, 0.25) is 0 Å². The Bertz CT molecular complexity index is 316. The minimum atomic E-state index is -0.150. The molecule has 0 aromatic carbocycles. The lowest BCUT2D eigenvalue weighted by molar-refractivity contribution is -0.115. The minimum absolute atomic E-state index is 0.120. The molecule has 88 valence electrons. The smallest absolute Gasteiger partial charge is 0.158 e. The van der Waals surface area contributed by atoms with Crippen LogP contribution in [-0.4, -0.2) is 12.1 Å². The van der Waals surface area contributed by atoms with E-state index in [0.29, 0.717) is 25.7 Å². The number of unbranched alkanes of at least 4 members (excludes halogenated alkanes) is 3. The predicted molar refractivity (Wildman–Crippen MR) is 60.7 cm³/mol. The minimum Gasteiger partial charge on any atom is -0.303 e. The van der Waals surface area contributed by atoms with Crippen molar-refractivity contribution in [2.75, 3.05) is 0 Å². The summed E-state index contributed by atoms with van der Waals surface area (Å²) in [5.41, 5.74) is 0.733. The van der Waals surface area contributed by atoms with Crippen molar-refractivity contribution in [1.82, 2.24) is 0 Å². The van der Waals surface area contributed by atoms with Crippen LogP contribution in [0.2, 0.25) is 0 Å². The number of allylic oxidation sites excluding steroid dienone is 4. The zero-order chi connectivity index (χ0) is 11.8. The van der Waals surface area contributed by atoms with Gasteiger partial charge in [-0.25, -0.2) is 4.39 Å². The SMILES string of the molecule is O=CCCCCCC(=O)C1=CC=C(F)CC1. The molecule has 1 aliphatic rings. The topological polar surface area (TPSA) is 34.1 Å². The molecule has 0 fully saturated rings. The molecule has 2 nitrogen and oxygen atoms in total. The molecule has 0 aromatic rings. The first kappa shape index (κ1) is 12.8. The Balaban J connectivity index is 2.22. The summed E-state index contributed by atoms with van der Waals surface area (Å²) in [6, 6.07) is 0. The van der Waals surface area contributed by atoms with E-state index < -0.39 is 0 Å². The maximum Gasteiger partial charge on any atom is 0.158 e. The summed E-state index contributed by atoms with van der Waals surface area (Å²) >= 11 is 0. The first-order valence-corrected chi connectivity index (χ1v) is 5.76. The molecule has 0 heterocycles. The maximum absolute atomic E-state index is 12.7. The van der Waals surface area contributed by atoms with Crippen LogP contribution >= 0.6 is 0 Å². The van der Waals surface area contributed by atoms with Crippen molar-refractivity contribution in [2.45, 2.75) is 44.9 Å². The van der Waals surface area contributed by atoms with Crippen LogP contribution in [-0.2, 0) is 9.59 Å². The quantitative estimate of drug-likeness (QED) is 0.491. The molecular formula is C13H17FO2. The average Bonchev–Trinajstić information content (AvgIpc) is 2.29. The van der Waals surface area contributed by atoms with E-state index in [1.165, 1.54) is 6.08 Å². The van der Waals surface area contributed by atoms with Crippen LogP contribution in [0.5, 0.6) is 0 Å². The Morgan fingerprint density at radius 2 is 2.06 bits per heavy atom. The van der Waals surface area contributed by atoms with Crippen LogP contribution in [0.3, 0.4) is 0 Å². The van der Waals surface area contributed by atoms with E-state index in [9.17, 15) is 14.0 Å². The number of ketones is 1. The van der Waals surface area contributed by atoms with Crippen LogP contribution in [0, 0.1) is 0 Å². The second kappa shape index (κ2) is 7.09. The first-order chi connectivity index (χ1) is 7.74. The number of hydrogen-bond acceptors (Lipinski definition) is 2. The number of carbonyl (C=O) groups excluding carboxylic acids is 2. The summed E-state index contributed by atoms with van der Waals surface area (Å²) in [5, 5.41) is 0. The summed E-state index contributed by atoms with van der Waals surface area (Å²) in [6.45, 7) is 0. The Morgan fingerprint density at radius 1 is 1.25 bits per heavy atom. The lowest BCUT2D eigenvalue weighted by Gasteiger charge is -2.08. The van der Waals surface area contributed by atoms with Crippen LogP contribution in [0.4, 0.5) is 4.39 Å². The van der Waals surface area contributed by atoms with Crippen molar-refractivity contribution in [3.05, 3.63) is 23.6 Å². The van der Waals surface area contributed by atoms with E-state index in [1.54, 1.807) is 6.08 Å². The Labute approximate surface area is 95.2 Å². The highest BCUT2D eigenvalue weighted by atomic mass is 19.1. The number of aldehydes is 1. The molecule has 0 saturated heterocycles. The van der Waals surface area contributed by atoms with Crippen LogP contribution in [0.15, 0.2) is 23.6 Å². The van der Waals surface area contributed by atoms with Gasteiger partial charge in [0, 0.05) is 19.3 Å². The third-order valence-corrected chi connectivity index (χ3v) is 2.68. The monoisotopic (exact) mass is 224 g/mol. The fraction of sp³-hybridized carbons (Fsp3) is 0.538. The Kier molecular flexibility index (Phi) is 5.68. The molecule has 0 unspecified atom stereocenters. The van der Waals surface area contributed by atoms with Gasteiger partial charge >= 0.3 is 0 Å². The van der Waals surface area contributed by atoms with Crippen molar-refractivity contribution in [3.63, 3.8) is 0 Å². The van der Waals surface area contributed by atoms with E-state index in [4.69, 9.17) is 0 Å². The van der Waals surface area contributed by atoms with Crippen LogP contribution < -0.4 is 0 Å². The highest BCUT2D eigenvalue weighted by Gasteiger charge is 2.12. The summed E-state index contributed by atoms with van der Waals surface area (Å²) in [4.78, 5) is 21.7. The molecule has 1 aliphatic carbocycles. The van der Waals surface area contributed by atoms with E-state index >= 15 is 0 Å². The lowest BCUT2D eigenvalue weighted by Crippen LogP contribution is -2.04. The lowest BCUT2D eigenvalue weighted by atomic mass is 9.97. The third-order valence-electron chi connectivity index (χ3n) is 2.68. The van der Waals surface area contributed by atoms with Gasteiger partial charge in [0.25, 0.3) is 0 Å². The predicted octanol–water partition coefficient (Wildman–Crippen LogP) is 3.28. The van der Waals surface area contributed by atoms with Crippen LogP contribution in [0.25, 0.3) is 0 Å². The number of carbonyl (C=O) groups is 2. The van der Waals surface area contributed by atoms with Gasteiger partial charge in [-0.15, -0.1) is 0 Å². The molecular weight excluding hydrogens is 207 g/mol. The molecule has 0 N–H and O–H groups in total. The zero-order valence-corrected chi connectivity index (χ0v) is 9.38. The van der Waals surface area contributed by atoms with E-state index in [1.807, 2.05) is 0 Å². The van der Waals surface area contributed by atoms with Gasteiger partial charge in [-0.05, 0) is 30.9 Å². The standard InChI is InChI=1S/C13H17FO2/c14-12-8-6-11(7-9-12)13(16)5-3-1-2-4-10-15/h6,8,10H,1-5,7,9H2. The van der Waals surface area contributed by atoms with Gasteiger partial charge in [0.1, 0.15) is 12.1 Å². The molecule has 0 radical (unpaired) electrons. The third kappa shape index (κ3) is 4.51. The van der Waals surface area contributed by atoms with Crippen molar-refractivity contribution < 1.29 is 14.0 Å².